The lowest BCUT2D eigenvalue weighted by Gasteiger charge is -2.21. The molecule has 0 bridgehead atoms. The molecule has 1 unspecified atom stereocenters. The second kappa shape index (κ2) is 10.3. The van der Waals surface area contributed by atoms with Crippen LogP contribution in [0.4, 0.5) is 13.6 Å². The van der Waals surface area contributed by atoms with Gasteiger partial charge in [-0.1, -0.05) is 6.08 Å². The van der Waals surface area contributed by atoms with Crippen LogP contribution in [0.1, 0.15) is 33.1 Å². The minimum atomic E-state index is -2.05. The normalized spacial score (nSPS) is 18.3. The predicted molar refractivity (Wildman–Crippen MR) is 77.3 cm³/mol. The molecular formula is C15H23F2NO4. The van der Waals surface area contributed by atoms with Gasteiger partial charge in [0.2, 0.25) is 0 Å². The molecule has 1 aliphatic rings. The smallest absolute Gasteiger partial charge is 0.404 e. The van der Waals surface area contributed by atoms with Crippen LogP contribution >= 0.6 is 0 Å². The van der Waals surface area contributed by atoms with E-state index < -0.39 is 17.9 Å². The zero-order chi connectivity index (χ0) is 16.4. The van der Waals surface area contributed by atoms with Crippen molar-refractivity contribution in [2.75, 3.05) is 26.3 Å². The van der Waals surface area contributed by atoms with Gasteiger partial charge in [-0.3, -0.25) is 0 Å². The highest BCUT2D eigenvalue weighted by molar-refractivity contribution is 5.69. The second-order valence-electron chi connectivity index (χ2n) is 4.70. The van der Waals surface area contributed by atoms with Gasteiger partial charge in [0.05, 0.1) is 6.61 Å². The summed E-state index contributed by atoms with van der Waals surface area (Å²) in [6, 6.07) is 0. The lowest BCUT2D eigenvalue weighted by molar-refractivity contribution is -0.155. The van der Waals surface area contributed by atoms with E-state index in [4.69, 9.17) is 14.2 Å². The van der Waals surface area contributed by atoms with Crippen LogP contribution in [-0.4, -0.2) is 43.6 Å². The summed E-state index contributed by atoms with van der Waals surface area (Å²) in [6.07, 6.45) is 2.11. The molecule has 0 aromatic carbocycles. The molecule has 5 nitrogen and oxygen atoms in total. The van der Waals surface area contributed by atoms with Crippen molar-refractivity contribution < 1.29 is 27.8 Å². The Morgan fingerprint density at radius 3 is 2.59 bits per heavy atom. The van der Waals surface area contributed by atoms with E-state index in [2.05, 4.69) is 0 Å². The molecule has 0 radical (unpaired) electrons. The Balaban J connectivity index is 2.45. The van der Waals surface area contributed by atoms with Gasteiger partial charge in [0.25, 0.3) is 0 Å². The van der Waals surface area contributed by atoms with Crippen LogP contribution in [0.5, 0.6) is 0 Å². The number of carbonyl (C=O) groups is 1. The summed E-state index contributed by atoms with van der Waals surface area (Å²) in [5.74, 6) is -0.759. The number of allylic oxidation sites excluding steroid dienone is 1. The lowest BCUT2D eigenvalue weighted by Crippen LogP contribution is -2.30. The van der Waals surface area contributed by atoms with E-state index in [1.807, 2.05) is 0 Å². The van der Waals surface area contributed by atoms with Gasteiger partial charge in [-0.15, -0.1) is 0 Å². The molecule has 7 heteroatoms. The number of hydrogen-bond acceptors (Lipinski definition) is 4. The molecule has 22 heavy (non-hydrogen) atoms. The Hall–Kier alpha value is -1.47. The standard InChI is InChI=1S/C15H23F2NO4/c1-3-18(4-2)15(19)22-12(14(16)17)8-7-11-21-13-9-5-6-10-20-13/h7-8,13H,3-6,9-11H2,1-2H3/b8-7+. The van der Waals surface area contributed by atoms with Crippen LogP contribution in [0.3, 0.4) is 0 Å². The number of carbonyl (C=O) groups excluding carboxylic acids is 1. The summed E-state index contributed by atoms with van der Waals surface area (Å²) in [5.41, 5.74) is 0. The zero-order valence-corrected chi connectivity index (χ0v) is 13.0. The van der Waals surface area contributed by atoms with Crippen molar-refractivity contribution in [2.45, 2.75) is 39.4 Å². The Morgan fingerprint density at radius 2 is 2.05 bits per heavy atom. The third-order valence-electron chi connectivity index (χ3n) is 3.19. The molecule has 1 rings (SSSR count). The number of amides is 1. The summed E-state index contributed by atoms with van der Waals surface area (Å²) in [6.45, 7) is 5.04. The van der Waals surface area contributed by atoms with Gasteiger partial charge < -0.3 is 19.1 Å². The molecule has 1 aliphatic heterocycles. The van der Waals surface area contributed by atoms with Crippen molar-refractivity contribution in [3.8, 4) is 0 Å². The topological polar surface area (TPSA) is 48.0 Å². The molecule has 0 aromatic heterocycles. The SMILES string of the molecule is CCN(CC)C(=O)OC(/C=C/COC1CCCCO1)=C(F)F. The van der Waals surface area contributed by atoms with Gasteiger partial charge in [0, 0.05) is 19.7 Å². The van der Waals surface area contributed by atoms with Crippen molar-refractivity contribution in [3.63, 3.8) is 0 Å². The summed E-state index contributed by atoms with van der Waals surface area (Å²) >= 11 is 0. The maximum Gasteiger partial charge on any atom is 0.415 e. The molecule has 1 amide bonds. The molecule has 0 aliphatic carbocycles. The van der Waals surface area contributed by atoms with E-state index in [-0.39, 0.29) is 12.9 Å². The first-order valence-corrected chi connectivity index (χ1v) is 7.50. The van der Waals surface area contributed by atoms with E-state index >= 15 is 0 Å². The van der Waals surface area contributed by atoms with Crippen molar-refractivity contribution in [2.24, 2.45) is 0 Å². The Labute approximate surface area is 129 Å². The summed E-state index contributed by atoms with van der Waals surface area (Å²) in [4.78, 5) is 13.0. The van der Waals surface area contributed by atoms with E-state index in [9.17, 15) is 13.6 Å². The third-order valence-corrected chi connectivity index (χ3v) is 3.19. The van der Waals surface area contributed by atoms with Crippen molar-refractivity contribution >= 4 is 6.09 Å². The van der Waals surface area contributed by atoms with E-state index in [1.54, 1.807) is 13.8 Å². The highest BCUT2D eigenvalue weighted by Crippen LogP contribution is 2.15. The van der Waals surface area contributed by atoms with Gasteiger partial charge in [0.1, 0.15) is 0 Å². The fourth-order valence-corrected chi connectivity index (χ4v) is 1.94. The lowest BCUT2D eigenvalue weighted by atomic mass is 10.2. The van der Waals surface area contributed by atoms with Gasteiger partial charge in [-0.05, 0) is 39.2 Å². The molecule has 0 saturated carbocycles. The molecule has 0 aromatic rings. The monoisotopic (exact) mass is 319 g/mol. The average Bonchev–Trinajstić information content (AvgIpc) is 2.52. The fourth-order valence-electron chi connectivity index (χ4n) is 1.94. The van der Waals surface area contributed by atoms with Crippen molar-refractivity contribution in [1.29, 1.82) is 0 Å². The third kappa shape index (κ3) is 6.53. The molecule has 0 spiro atoms. The first-order valence-electron chi connectivity index (χ1n) is 7.50. The first kappa shape index (κ1) is 18.6. The Bertz CT molecular complexity index is 398. The maximum atomic E-state index is 12.8. The molecule has 1 atom stereocenters. The van der Waals surface area contributed by atoms with E-state index in [0.717, 1.165) is 25.3 Å². The molecule has 126 valence electrons. The predicted octanol–water partition coefficient (Wildman–Crippen LogP) is 3.67. The highest BCUT2D eigenvalue weighted by Gasteiger charge is 2.16. The molecule has 1 saturated heterocycles. The second-order valence-corrected chi connectivity index (χ2v) is 4.70. The molecule has 0 N–H and O–H groups in total. The quantitative estimate of drug-likeness (QED) is 0.530. The van der Waals surface area contributed by atoms with Crippen LogP contribution in [-0.2, 0) is 14.2 Å². The summed E-state index contributed by atoms with van der Waals surface area (Å²) in [5, 5.41) is 0. The fraction of sp³-hybridized carbons (Fsp3) is 0.667. The van der Waals surface area contributed by atoms with Crippen LogP contribution in [0.15, 0.2) is 24.0 Å². The van der Waals surface area contributed by atoms with E-state index in [1.165, 1.54) is 11.0 Å². The minimum absolute atomic E-state index is 0.115. The maximum absolute atomic E-state index is 12.8. The summed E-state index contributed by atoms with van der Waals surface area (Å²) in [7, 11) is 0. The van der Waals surface area contributed by atoms with Crippen LogP contribution in [0.2, 0.25) is 0 Å². The zero-order valence-electron chi connectivity index (χ0n) is 13.0. The summed E-state index contributed by atoms with van der Waals surface area (Å²) < 4.78 is 41.0. The van der Waals surface area contributed by atoms with Crippen LogP contribution in [0, 0.1) is 0 Å². The molecular weight excluding hydrogens is 296 g/mol. The minimum Gasteiger partial charge on any atom is -0.404 e. The van der Waals surface area contributed by atoms with Crippen LogP contribution < -0.4 is 0 Å². The number of nitrogens with zero attached hydrogens (tertiary/aromatic N) is 1. The average molecular weight is 319 g/mol. The van der Waals surface area contributed by atoms with E-state index in [0.29, 0.717) is 19.7 Å². The number of rotatable bonds is 7. The van der Waals surface area contributed by atoms with Gasteiger partial charge in [0.15, 0.2) is 12.0 Å². The number of hydrogen-bond donors (Lipinski definition) is 0. The van der Waals surface area contributed by atoms with Crippen molar-refractivity contribution in [1.82, 2.24) is 4.90 Å². The largest absolute Gasteiger partial charge is 0.415 e. The van der Waals surface area contributed by atoms with Crippen LogP contribution in [0.25, 0.3) is 0 Å². The Kier molecular flexibility index (Phi) is 8.69. The first-order chi connectivity index (χ1) is 10.6. The van der Waals surface area contributed by atoms with Gasteiger partial charge >= 0.3 is 12.2 Å². The Morgan fingerprint density at radius 1 is 1.32 bits per heavy atom. The molecule has 1 fully saturated rings. The number of ether oxygens (including phenoxy) is 3. The van der Waals surface area contributed by atoms with Crippen molar-refractivity contribution in [3.05, 3.63) is 24.0 Å². The van der Waals surface area contributed by atoms with Gasteiger partial charge in [-0.25, -0.2) is 4.79 Å². The molecule has 1 heterocycles. The highest BCUT2D eigenvalue weighted by atomic mass is 19.3. The van der Waals surface area contributed by atoms with Gasteiger partial charge in [-0.2, -0.15) is 8.78 Å². The number of halogens is 2.